The molecule has 2 atom stereocenters. The zero-order valence-electron chi connectivity index (χ0n) is 15.5. The molecule has 0 N–H and O–H groups in total. The molecule has 2 aliphatic heterocycles. The normalized spacial score (nSPS) is 25.7. The molecule has 0 aliphatic carbocycles. The van der Waals surface area contributed by atoms with Crippen molar-refractivity contribution in [3.8, 4) is 0 Å². The van der Waals surface area contributed by atoms with Crippen LogP contribution < -0.4 is 0 Å². The van der Waals surface area contributed by atoms with Crippen molar-refractivity contribution < 1.29 is 8.42 Å². The lowest BCUT2D eigenvalue weighted by atomic mass is 10.1. The van der Waals surface area contributed by atoms with Gasteiger partial charge in [0.1, 0.15) is 0 Å². The molecule has 4 rings (SSSR count). The maximum Gasteiger partial charge on any atom is 0.218 e. The van der Waals surface area contributed by atoms with Crippen LogP contribution in [0.3, 0.4) is 0 Å². The highest BCUT2D eigenvalue weighted by Crippen LogP contribution is 2.35. The Morgan fingerprint density at radius 3 is 2.42 bits per heavy atom. The van der Waals surface area contributed by atoms with Crippen LogP contribution in [0.25, 0.3) is 0 Å². The number of hydrogen-bond acceptors (Lipinski definition) is 5. The van der Waals surface area contributed by atoms with Gasteiger partial charge in [-0.2, -0.15) is 4.31 Å². The van der Waals surface area contributed by atoms with Gasteiger partial charge in [0.15, 0.2) is 0 Å². The van der Waals surface area contributed by atoms with Crippen molar-refractivity contribution in [1.82, 2.24) is 14.2 Å². The van der Waals surface area contributed by atoms with E-state index in [9.17, 15) is 8.42 Å². The fourth-order valence-electron chi connectivity index (χ4n) is 4.36. The first kappa shape index (κ1) is 18.1. The number of benzene rings is 1. The molecule has 0 spiro atoms. The van der Waals surface area contributed by atoms with Gasteiger partial charge in [0, 0.05) is 37.5 Å². The number of thiazole rings is 1. The second-order valence-corrected chi connectivity index (χ2v) is 10.9. The number of fused-ring (bicyclic) bond motifs is 1. The van der Waals surface area contributed by atoms with Crippen LogP contribution in [0.2, 0.25) is 0 Å². The Morgan fingerprint density at radius 2 is 1.81 bits per heavy atom. The molecule has 2 saturated heterocycles. The number of sulfonamides is 1. The van der Waals surface area contributed by atoms with Crippen LogP contribution >= 0.6 is 11.3 Å². The van der Waals surface area contributed by atoms with Gasteiger partial charge in [-0.1, -0.05) is 29.3 Å². The average molecular weight is 392 g/mol. The van der Waals surface area contributed by atoms with Crippen LogP contribution in [0.4, 0.5) is 0 Å². The van der Waals surface area contributed by atoms with E-state index in [1.165, 1.54) is 16.7 Å². The number of aryl methyl sites for hydroxylation is 3. The Morgan fingerprint density at radius 1 is 1.08 bits per heavy atom. The third-order valence-electron chi connectivity index (χ3n) is 5.33. The van der Waals surface area contributed by atoms with Crippen molar-refractivity contribution in [3.05, 3.63) is 51.0 Å². The van der Waals surface area contributed by atoms with Gasteiger partial charge < -0.3 is 0 Å². The molecule has 140 valence electrons. The van der Waals surface area contributed by atoms with Crippen LogP contribution in [0.5, 0.6) is 0 Å². The first-order valence-corrected chi connectivity index (χ1v) is 11.4. The first-order valence-electron chi connectivity index (χ1n) is 9.01. The van der Waals surface area contributed by atoms with Gasteiger partial charge in [0.2, 0.25) is 10.0 Å². The highest BCUT2D eigenvalue weighted by molar-refractivity contribution is 7.90. The molecule has 3 heterocycles. The Labute approximate surface area is 159 Å². The molecule has 0 radical (unpaired) electrons. The molecule has 0 unspecified atom stereocenters. The van der Waals surface area contributed by atoms with E-state index in [1.807, 2.05) is 12.3 Å². The van der Waals surface area contributed by atoms with Crippen molar-refractivity contribution in [3.63, 3.8) is 0 Å². The molecule has 2 aliphatic rings. The molecule has 0 saturated carbocycles. The molecule has 2 fully saturated rings. The SMILES string of the molecule is Cc1cc(C)cc(CN2C[C@@H]3CN(Cc4csc(C)n4)S(=O)(=O)[C@@H]3C2)c1. The van der Waals surface area contributed by atoms with E-state index in [-0.39, 0.29) is 11.2 Å². The number of rotatable bonds is 4. The second kappa shape index (κ2) is 6.71. The zero-order chi connectivity index (χ0) is 18.5. The van der Waals surface area contributed by atoms with E-state index in [4.69, 9.17) is 0 Å². The van der Waals surface area contributed by atoms with Crippen LogP contribution in [-0.4, -0.2) is 47.5 Å². The third-order valence-corrected chi connectivity index (χ3v) is 8.45. The van der Waals surface area contributed by atoms with E-state index < -0.39 is 10.0 Å². The molecule has 0 bridgehead atoms. The molecular formula is C19H25N3O2S2. The maximum absolute atomic E-state index is 13.0. The topological polar surface area (TPSA) is 53.5 Å². The lowest BCUT2D eigenvalue weighted by molar-refractivity contribution is 0.294. The Balaban J connectivity index is 1.44. The monoisotopic (exact) mass is 391 g/mol. The number of nitrogens with zero attached hydrogens (tertiary/aromatic N) is 3. The van der Waals surface area contributed by atoms with Crippen molar-refractivity contribution in [1.29, 1.82) is 0 Å². The van der Waals surface area contributed by atoms with E-state index in [2.05, 4.69) is 41.9 Å². The highest BCUT2D eigenvalue weighted by atomic mass is 32.2. The van der Waals surface area contributed by atoms with Crippen LogP contribution in [0.15, 0.2) is 23.6 Å². The van der Waals surface area contributed by atoms with Crippen molar-refractivity contribution in [2.24, 2.45) is 5.92 Å². The van der Waals surface area contributed by atoms with Crippen molar-refractivity contribution in [2.75, 3.05) is 19.6 Å². The van der Waals surface area contributed by atoms with Gasteiger partial charge in [-0.05, 0) is 26.3 Å². The quantitative estimate of drug-likeness (QED) is 0.804. The molecule has 5 nitrogen and oxygen atoms in total. The fourth-order valence-corrected chi connectivity index (χ4v) is 7.12. The standard InChI is InChI=1S/C19H25N3O2S2/c1-13-4-14(2)6-16(5-13)7-21-8-17-9-22(26(23,24)19(17)11-21)10-18-12-25-15(3)20-18/h4-6,12,17,19H,7-11H2,1-3H3/t17-,19-/m1/s1. The lowest BCUT2D eigenvalue weighted by Crippen LogP contribution is -2.34. The van der Waals surface area contributed by atoms with Gasteiger partial charge in [-0.25, -0.2) is 13.4 Å². The summed E-state index contributed by atoms with van der Waals surface area (Å²) in [6, 6.07) is 6.57. The van der Waals surface area contributed by atoms with Gasteiger partial charge >= 0.3 is 0 Å². The summed E-state index contributed by atoms with van der Waals surface area (Å²) in [6.07, 6.45) is 0. The Kier molecular flexibility index (Phi) is 4.67. The number of likely N-dealkylation sites (tertiary alicyclic amines) is 1. The zero-order valence-corrected chi connectivity index (χ0v) is 17.1. The summed E-state index contributed by atoms with van der Waals surface area (Å²) in [5.41, 5.74) is 4.66. The summed E-state index contributed by atoms with van der Waals surface area (Å²) in [7, 11) is -3.24. The highest BCUT2D eigenvalue weighted by Gasteiger charge is 2.50. The third kappa shape index (κ3) is 3.45. The lowest BCUT2D eigenvalue weighted by Gasteiger charge is -2.21. The molecular weight excluding hydrogens is 366 g/mol. The molecule has 1 aromatic heterocycles. The van der Waals surface area contributed by atoms with E-state index in [0.717, 1.165) is 23.8 Å². The molecule has 2 aromatic rings. The molecule has 7 heteroatoms. The summed E-state index contributed by atoms with van der Waals surface area (Å²) < 4.78 is 27.6. The number of hydrogen-bond donors (Lipinski definition) is 0. The minimum absolute atomic E-state index is 0.200. The van der Waals surface area contributed by atoms with Crippen LogP contribution in [0.1, 0.15) is 27.4 Å². The summed E-state index contributed by atoms with van der Waals surface area (Å²) in [5.74, 6) is 0.200. The Hall–Kier alpha value is -1.28. The maximum atomic E-state index is 13.0. The van der Waals surface area contributed by atoms with Gasteiger partial charge in [0.25, 0.3) is 0 Å². The van der Waals surface area contributed by atoms with E-state index >= 15 is 0 Å². The van der Waals surface area contributed by atoms with Crippen molar-refractivity contribution >= 4 is 21.4 Å². The molecule has 26 heavy (non-hydrogen) atoms. The van der Waals surface area contributed by atoms with Crippen molar-refractivity contribution in [2.45, 2.75) is 39.1 Å². The van der Waals surface area contributed by atoms with Crippen LogP contribution in [0, 0.1) is 26.7 Å². The minimum Gasteiger partial charge on any atom is -0.297 e. The summed E-state index contributed by atoms with van der Waals surface area (Å²) >= 11 is 1.57. The predicted molar refractivity (Wildman–Crippen MR) is 105 cm³/mol. The average Bonchev–Trinajstić information content (AvgIpc) is 3.17. The predicted octanol–water partition coefficient (Wildman–Crippen LogP) is 2.71. The first-order chi connectivity index (χ1) is 12.3. The summed E-state index contributed by atoms with van der Waals surface area (Å²) in [6.45, 7) is 9.51. The largest absolute Gasteiger partial charge is 0.297 e. The smallest absolute Gasteiger partial charge is 0.218 e. The van der Waals surface area contributed by atoms with Crippen LogP contribution in [-0.2, 0) is 23.1 Å². The molecule has 0 amide bonds. The Bertz CT molecular complexity index is 902. The minimum atomic E-state index is -3.24. The van der Waals surface area contributed by atoms with E-state index in [0.29, 0.717) is 19.6 Å². The summed E-state index contributed by atoms with van der Waals surface area (Å²) in [4.78, 5) is 6.72. The van der Waals surface area contributed by atoms with E-state index in [1.54, 1.807) is 15.6 Å². The fraction of sp³-hybridized carbons (Fsp3) is 0.526. The number of aromatic nitrogens is 1. The second-order valence-electron chi connectivity index (χ2n) is 7.68. The molecule has 1 aromatic carbocycles. The van der Waals surface area contributed by atoms with Gasteiger partial charge in [-0.3, -0.25) is 4.90 Å². The van der Waals surface area contributed by atoms with Gasteiger partial charge in [-0.15, -0.1) is 11.3 Å². The van der Waals surface area contributed by atoms with Gasteiger partial charge in [0.05, 0.1) is 22.5 Å². The summed E-state index contributed by atoms with van der Waals surface area (Å²) in [5, 5.41) is 2.68.